The van der Waals surface area contributed by atoms with Gasteiger partial charge in [0.15, 0.2) is 11.4 Å². The summed E-state index contributed by atoms with van der Waals surface area (Å²) in [5, 5.41) is 4.08. The van der Waals surface area contributed by atoms with Crippen LogP contribution in [-0.4, -0.2) is 12.6 Å². The molecule has 2 rings (SSSR count). The minimum atomic E-state index is -0.229. The Morgan fingerprint density at radius 3 is 2.94 bits per heavy atom. The first kappa shape index (κ1) is 11.1. The molecule has 2 aromatic rings. The lowest BCUT2D eigenvalue weighted by Crippen LogP contribution is -2.27. The molecule has 16 heavy (non-hydrogen) atoms. The van der Waals surface area contributed by atoms with Crippen LogP contribution in [0.3, 0.4) is 0 Å². The Bertz CT molecular complexity index is 478. The van der Waals surface area contributed by atoms with E-state index in [-0.39, 0.29) is 11.9 Å². The summed E-state index contributed by atoms with van der Waals surface area (Å²) in [7, 11) is 0. The van der Waals surface area contributed by atoms with E-state index in [1.54, 1.807) is 6.07 Å². The number of hydrogen-bond acceptors (Lipinski definition) is 2. The molecule has 0 unspecified atom stereocenters. The van der Waals surface area contributed by atoms with E-state index in [1.165, 1.54) is 6.26 Å². The quantitative estimate of drug-likeness (QED) is 0.858. The van der Waals surface area contributed by atoms with Gasteiger partial charge in [-0.2, -0.15) is 0 Å². The minimum Gasteiger partial charge on any atom is -0.461 e. The molecule has 0 bridgehead atoms. The molecule has 1 atom stereocenters. The number of fused-ring (bicyclic) bond motifs is 1. The molecule has 1 aromatic carbocycles. The second-order valence-corrected chi connectivity index (χ2v) is 4.04. The first-order valence-corrected chi connectivity index (χ1v) is 5.60. The first-order valence-electron chi connectivity index (χ1n) is 5.60. The third-order valence-corrected chi connectivity index (χ3v) is 2.72. The van der Waals surface area contributed by atoms with Crippen molar-refractivity contribution in [3.63, 3.8) is 0 Å². The summed E-state index contributed by atoms with van der Waals surface area (Å²) >= 11 is 0. The highest BCUT2D eigenvalue weighted by Crippen LogP contribution is 2.22. The van der Waals surface area contributed by atoms with Gasteiger partial charge >= 0.3 is 0 Å². The van der Waals surface area contributed by atoms with E-state index in [2.05, 4.69) is 12.2 Å². The summed E-state index contributed by atoms with van der Waals surface area (Å²) in [6, 6.07) is 5.78. The molecule has 86 valence electrons. The van der Waals surface area contributed by atoms with Gasteiger partial charge in [-0.3, -0.25) is 0 Å². The van der Waals surface area contributed by atoms with Gasteiger partial charge in [0.25, 0.3) is 0 Å². The molecule has 0 aliphatic heterocycles. The van der Waals surface area contributed by atoms with Crippen LogP contribution in [0, 0.1) is 5.82 Å². The van der Waals surface area contributed by atoms with Gasteiger partial charge in [0, 0.05) is 11.4 Å². The molecule has 0 saturated heterocycles. The minimum absolute atomic E-state index is 0.229. The van der Waals surface area contributed by atoms with Crippen LogP contribution in [0.1, 0.15) is 19.4 Å². The smallest absolute Gasteiger partial charge is 0.169 e. The Balaban J connectivity index is 2.27. The Labute approximate surface area is 94.4 Å². The molecule has 0 radical (unpaired) electrons. The second-order valence-electron chi connectivity index (χ2n) is 4.04. The van der Waals surface area contributed by atoms with Gasteiger partial charge in [0.2, 0.25) is 0 Å². The fourth-order valence-electron chi connectivity index (χ4n) is 1.95. The Morgan fingerprint density at radius 1 is 1.38 bits per heavy atom. The first-order chi connectivity index (χ1) is 7.72. The van der Waals surface area contributed by atoms with Crippen LogP contribution in [0.2, 0.25) is 0 Å². The zero-order valence-electron chi connectivity index (χ0n) is 9.59. The van der Waals surface area contributed by atoms with E-state index >= 15 is 0 Å². The van der Waals surface area contributed by atoms with Gasteiger partial charge in [-0.1, -0.05) is 19.1 Å². The maximum Gasteiger partial charge on any atom is 0.169 e. The molecule has 0 saturated carbocycles. The molecule has 0 fully saturated rings. The fraction of sp³-hybridized carbons (Fsp3) is 0.385. The Kier molecular flexibility index (Phi) is 3.25. The maximum absolute atomic E-state index is 14.0. The normalized spacial score (nSPS) is 13.2. The van der Waals surface area contributed by atoms with Crippen LogP contribution in [0.25, 0.3) is 11.0 Å². The number of nitrogens with one attached hydrogen (secondary N) is 1. The zero-order chi connectivity index (χ0) is 11.5. The van der Waals surface area contributed by atoms with E-state index in [0.717, 1.165) is 11.9 Å². The summed E-state index contributed by atoms with van der Waals surface area (Å²) in [6.07, 6.45) is 2.20. The van der Waals surface area contributed by atoms with Crippen molar-refractivity contribution >= 4 is 11.0 Å². The maximum atomic E-state index is 14.0. The van der Waals surface area contributed by atoms with Crippen molar-refractivity contribution in [2.45, 2.75) is 26.3 Å². The van der Waals surface area contributed by atoms with E-state index in [1.807, 2.05) is 19.1 Å². The van der Waals surface area contributed by atoms with Gasteiger partial charge in [-0.05, 0) is 31.5 Å². The van der Waals surface area contributed by atoms with Crippen LogP contribution in [0.4, 0.5) is 4.39 Å². The number of furan rings is 1. The molecule has 0 aliphatic rings. The van der Waals surface area contributed by atoms with Crippen LogP contribution >= 0.6 is 0 Å². The third kappa shape index (κ3) is 2.09. The summed E-state index contributed by atoms with van der Waals surface area (Å²) < 4.78 is 19.1. The lowest BCUT2D eigenvalue weighted by Gasteiger charge is -2.12. The molecule has 3 heteroatoms. The number of benzene rings is 1. The van der Waals surface area contributed by atoms with Crippen molar-refractivity contribution in [3.05, 3.63) is 35.8 Å². The molecular weight excluding hydrogens is 205 g/mol. The van der Waals surface area contributed by atoms with Crippen molar-refractivity contribution in [3.8, 4) is 0 Å². The summed E-state index contributed by atoms with van der Waals surface area (Å²) in [5.41, 5.74) is 1.07. The largest absolute Gasteiger partial charge is 0.461 e. The molecular formula is C13H16FNO. The molecule has 0 aliphatic carbocycles. The average Bonchev–Trinajstić information content (AvgIpc) is 2.71. The Morgan fingerprint density at radius 2 is 2.19 bits per heavy atom. The fourth-order valence-corrected chi connectivity index (χ4v) is 1.95. The van der Waals surface area contributed by atoms with E-state index < -0.39 is 0 Å². The summed E-state index contributed by atoms with van der Waals surface area (Å²) in [5.74, 6) is -0.229. The van der Waals surface area contributed by atoms with Gasteiger partial charge in [-0.25, -0.2) is 4.39 Å². The highest BCUT2D eigenvalue weighted by atomic mass is 19.1. The van der Waals surface area contributed by atoms with E-state index in [4.69, 9.17) is 4.42 Å². The van der Waals surface area contributed by atoms with Crippen molar-refractivity contribution in [2.24, 2.45) is 0 Å². The van der Waals surface area contributed by atoms with Crippen LogP contribution < -0.4 is 5.32 Å². The van der Waals surface area contributed by atoms with Gasteiger partial charge in [0.05, 0.1) is 6.26 Å². The van der Waals surface area contributed by atoms with Crippen LogP contribution in [-0.2, 0) is 6.42 Å². The topological polar surface area (TPSA) is 25.2 Å². The number of likely N-dealkylation sites (N-methyl/N-ethyl adjacent to an activating group) is 1. The van der Waals surface area contributed by atoms with Crippen molar-refractivity contribution in [2.75, 3.05) is 6.54 Å². The molecule has 1 N–H and O–H groups in total. The van der Waals surface area contributed by atoms with Crippen molar-refractivity contribution in [1.82, 2.24) is 5.32 Å². The molecule has 2 nitrogen and oxygen atoms in total. The second kappa shape index (κ2) is 4.66. The van der Waals surface area contributed by atoms with Crippen molar-refractivity contribution < 1.29 is 8.81 Å². The van der Waals surface area contributed by atoms with Gasteiger partial charge < -0.3 is 9.73 Å². The number of halogens is 1. The highest BCUT2D eigenvalue weighted by molar-refractivity contribution is 5.78. The molecule has 0 amide bonds. The zero-order valence-corrected chi connectivity index (χ0v) is 9.59. The van der Waals surface area contributed by atoms with E-state index in [9.17, 15) is 4.39 Å². The third-order valence-electron chi connectivity index (χ3n) is 2.72. The summed E-state index contributed by atoms with van der Waals surface area (Å²) in [4.78, 5) is 0. The van der Waals surface area contributed by atoms with Crippen molar-refractivity contribution in [1.29, 1.82) is 0 Å². The predicted octanol–water partition coefficient (Wildman–Crippen LogP) is 3.11. The standard InChI is InChI=1S/C13H16FNO/c1-3-15-9(2)8-11-5-4-10-6-7-16-13(10)12(11)14/h4-7,9,15H,3,8H2,1-2H3/t9-/m0/s1. The number of rotatable bonds is 4. The molecule has 1 aromatic heterocycles. The number of hydrogen-bond donors (Lipinski definition) is 1. The Hall–Kier alpha value is -1.35. The van der Waals surface area contributed by atoms with Crippen LogP contribution in [0.5, 0.6) is 0 Å². The highest BCUT2D eigenvalue weighted by Gasteiger charge is 2.12. The van der Waals surface area contributed by atoms with Crippen LogP contribution in [0.15, 0.2) is 28.9 Å². The predicted molar refractivity (Wildman–Crippen MR) is 63.0 cm³/mol. The van der Waals surface area contributed by atoms with Gasteiger partial charge in [0.1, 0.15) is 0 Å². The lowest BCUT2D eigenvalue weighted by molar-refractivity contribution is 0.525. The summed E-state index contributed by atoms with van der Waals surface area (Å²) in [6.45, 7) is 4.99. The van der Waals surface area contributed by atoms with Gasteiger partial charge in [-0.15, -0.1) is 0 Å². The average molecular weight is 221 g/mol. The molecule has 0 spiro atoms. The van der Waals surface area contributed by atoms with E-state index in [0.29, 0.717) is 17.6 Å². The monoisotopic (exact) mass is 221 g/mol. The molecule has 1 heterocycles. The SMILES string of the molecule is CCN[C@@H](C)Cc1ccc2ccoc2c1F. The lowest BCUT2D eigenvalue weighted by atomic mass is 10.1.